The third-order valence-electron chi connectivity index (χ3n) is 4.32. The Morgan fingerprint density at radius 3 is 2.92 bits per heavy atom. The van der Waals surface area contributed by atoms with E-state index in [2.05, 4.69) is 16.5 Å². The van der Waals surface area contributed by atoms with Crippen LogP contribution in [-0.4, -0.2) is 21.5 Å². The minimum atomic E-state index is -0.714. The van der Waals surface area contributed by atoms with Crippen LogP contribution in [0.5, 0.6) is 0 Å². The first kappa shape index (κ1) is 17.9. The van der Waals surface area contributed by atoms with Crippen LogP contribution in [0.1, 0.15) is 35.7 Å². The van der Waals surface area contributed by atoms with E-state index in [1.807, 2.05) is 0 Å². The number of nitrogens with one attached hydrogen (secondary N) is 1. The molecule has 1 aromatic heterocycles. The Balaban J connectivity index is 1.93. The number of aromatic nitrogens is 2. The van der Waals surface area contributed by atoms with Gasteiger partial charge < -0.3 is 11.1 Å². The third-order valence-corrected chi connectivity index (χ3v) is 4.62. The first-order valence-corrected chi connectivity index (χ1v) is 8.29. The minimum absolute atomic E-state index is 0.0278. The number of carbonyl (C=O) groups excluding carboxylic acids is 2. The normalized spacial score (nSPS) is 19.8. The number of carbonyl (C=O) groups is 2. The van der Waals surface area contributed by atoms with Gasteiger partial charge in [0.1, 0.15) is 17.2 Å². The van der Waals surface area contributed by atoms with E-state index >= 15 is 0 Å². The highest BCUT2D eigenvalue weighted by atomic mass is 35.5. The van der Waals surface area contributed by atoms with Gasteiger partial charge in [-0.3, -0.25) is 14.3 Å². The van der Waals surface area contributed by atoms with Gasteiger partial charge in [0.05, 0.1) is 23.1 Å². The number of hydrogen-bond acceptors (Lipinski definition) is 5. The van der Waals surface area contributed by atoms with E-state index in [-0.39, 0.29) is 34.6 Å². The smallest absolute Gasteiger partial charge is 0.254 e. The molecule has 0 saturated heterocycles. The molecule has 2 atom stereocenters. The van der Waals surface area contributed by atoms with Crippen LogP contribution >= 0.6 is 11.6 Å². The van der Waals surface area contributed by atoms with Gasteiger partial charge in [-0.1, -0.05) is 11.6 Å². The van der Waals surface area contributed by atoms with Gasteiger partial charge in [-0.25, -0.2) is 4.39 Å². The van der Waals surface area contributed by atoms with E-state index < -0.39 is 17.6 Å². The fourth-order valence-electron chi connectivity index (χ4n) is 2.99. The van der Waals surface area contributed by atoms with E-state index in [1.165, 1.54) is 29.1 Å². The summed E-state index contributed by atoms with van der Waals surface area (Å²) in [5.74, 6) is -1.68. The molecule has 1 heterocycles. The molecule has 2 aromatic rings. The average Bonchev–Trinajstić information content (AvgIpc) is 3.02. The predicted molar refractivity (Wildman–Crippen MR) is 92.4 cm³/mol. The van der Waals surface area contributed by atoms with Gasteiger partial charge in [0.25, 0.3) is 5.91 Å². The van der Waals surface area contributed by atoms with Gasteiger partial charge in [0, 0.05) is 24.7 Å². The Kier molecular flexibility index (Phi) is 4.91. The molecule has 134 valence electrons. The summed E-state index contributed by atoms with van der Waals surface area (Å²) in [7, 11) is 0. The van der Waals surface area contributed by atoms with Gasteiger partial charge in [0.2, 0.25) is 0 Å². The van der Waals surface area contributed by atoms with Crippen molar-refractivity contribution in [3.8, 4) is 6.07 Å². The summed E-state index contributed by atoms with van der Waals surface area (Å²) < 4.78 is 15.1. The second-order valence-corrected chi connectivity index (χ2v) is 6.48. The van der Waals surface area contributed by atoms with Crippen LogP contribution in [0.2, 0.25) is 5.02 Å². The summed E-state index contributed by atoms with van der Waals surface area (Å²) in [6.45, 7) is 0. The number of Topliss-reactive ketones (excluding diaryl/α,β-unsaturated/α-hetero) is 1. The van der Waals surface area contributed by atoms with E-state index in [9.17, 15) is 19.2 Å². The minimum Gasteiger partial charge on any atom is -0.365 e. The average molecular weight is 376 g/mol. The molecule has 0 bridgehead atoms. The van der Waals surface area contributed by atoms with Crippen LogP contribution in [-0.2, 0) is 4.79 Å². The zero-order valence-electron chi connectivity index (χ0n) is 13.6. The number of ketones is 1. The first-order valence-electron chi connectivity index (χ1n) is 7.91. The van der Waals surface area contributed by atoms with Crippen LogP contribution in [0.15, 0.2) is 24.4 Å². The molecular formula is C17H15ClFN5O2. The fraction of sp³-hybridized carbons (Fsp3) is 0.294. The number of nitrogens with zero attached hydrogens (tertiary/aromatic N) is 3. The summed E-state index contributed by atoms with van der Waals surface area (Å²) >= 11 is 5.66. The van der Waals surface area contributed by atoms with Crippen molar-refractivity contribution in [3.05, 3.63) is 40.8 Å². The fourth-order valence-corrected chi connectivity index (χ4v) is 3.10. The monoisotopic (exact) mass is 375 g/mol. The van der Waals surface area contributed by atoms with Crippen LogP contribution in [0.3, 0.4) is 0 Å². The number of amides is 1. The molecule has 3 rings (SSSR count). The van der Waals surface area contributed by atoms with Gasteiger partial charge in [0.15, 0.2) is 5.82 Å². The van der Waals surface area contributed by atoms with Crippen molar-refractivity contribution < 1.29 is 14.0 Å². The van der Waals surface area contributed by atoms with Crippen molar-refractivity contribution in [1.29, 1.82) is 5.26 Å². The number of primary amides is 1. The van der Waals surface area contributed by atoms with E-state index in [0.717, 1.165) is 0 Å². The maximum atomic E-state index is 13.6. The molecule has 26 heavy (non-hydrogen) atoms. The lowest BCUT2D eigenvalue weighted by Crippen LogP contribution is -2.27. The van der Waals surface area contributed by atoms with Gasteiger partial charge in [-0.2, -0.15) is 10.4 Å². The largest absolute Gasteiger partial charge is 0.365 e. The number of benzene rings is 1. The molecule has 1 amide bonds. The van der Waals surface area contributed by atoms with Crippen molar-refractivity contribution in [2.45, 2.75) is 25.3 Å². The van der Waals surface area contributed by atoms with Gasteiger partial charge in [-0.05, 0) is 24.6 Å². The molecule has 1 fully saturated rings. The highest BCUT2D eigenvalue weighted by molar-refractivity contribution is 6.30. The van der Waals surface area contributed by atoms with Gasteiger partial charge in [-0.15, -0.1) is 0 Å². The van der Waals surface area contributed by atoms with Crippen LogP contribution in [0.4, 0.5) is 15.9 Å². The van der Waals surface area contributed by atoms with Crippen molar-refractivity contribution in [2.75, 3.05) is 5.32 Å². The van der Waals surface area contributed by atoms with E-state index in [0.29, 0.717) is 18.5 Å². The molecule has 1 aliphatic rings. The highest BCUT2D eigenvalue weighted by Gasteiger charge is 2.32. The molecular weight excluding hydrogens is 361 g/mol. The number of halogens is 2. The first-order chi connectivity index (χ1) is 12.4. The Labute approximate surface area is 153 Å². The lowest BCUT2D eigenvalue weighted by Gasteiger charge is -2.26. The van der Waals surface area contributed by atoms with Crippen LogP contribution in [0, 0.1) is 23.1 Å². The number of nitrogens with two attached hydrogens (primary N) is 1. The lowest BCUT2D eigenvalue weighted by molar-refractivity contribution is -0.121. The molecule has 0 radical (unpaired) electrons. The molecule has 0 spiro atoms. The topological polar surface area (TPSA) is 114 Å². The summed E-state index contributed by atoms with van der Waals surface area (Å²) in [6.07, 6.45) is 2.39. The summed E-state index contributed by atoms with van der Waals surface area (Å²) in [4.78, 5) is 23.3. The number of hydrogen-bond donors (Lipinski definition) is 2. The zero-order valence-corrected chi connectivity index (χ0v) is 14.3. The second-order valence-electron chi connectivity index (χ2n) is 6.07. The second kappa shape index (κ2) is 7.14. The molecule has 0 unspecified atom stereocenters. The van der Waals surface area contributed by atoms with Crippen molar-refractivity contribution in [2.24, 2.45) is 11.7 Å². The molecule has 1 aromatic carbocycles. The molecule has 7 nitrogen and oxygen atoms in total. The number of rotatable bonds is 4. The van der Waals surface area contributed by atoms with Crippen molar-refractivity contribution in [1.82, 2.24) is 9.78 Å². The Bertz CT molecular complexity index is 920. The van der Waals surface area contributed by atoms with Crippen molar-refractivity contribution in [3.63, 3.8) is 0 Å². The quantitative estimate of drug-likeness (QED) is 0.852. The maximum absolute atomic E-state index is 13.6. The van der Waals surface area contributed by atoms with Crippen molar-refractivity contribution >= 4 is 34.8 Å². The lowest BCUT2D eigenvalue weighted by atomic mass is 9.85. The van der Waals surface area contributed by atoms with Gasteiger partial charge >= 0.3 is 0 Å². The van der Waals surface area contributed by atoms with E-state index in [1.54, 1.807) is 0 Å². The highest BCUT2D eigenvalue weighted by Crippen LogP contribution is 2.33. The number of anilines is 2. The number of nitriles is 1. The summed E-state index contributed by atoms with van der Waals surface area (Å²) in [5.41, 5.74) is 5.86. The summed E-state index contributed by atoms with van der Waals surface area (Å²) in [6, 6.07) is 5.86. The zero-order chi connectivity index (χ0) is 18.8. The Hall–Kier alpha value is -2.92. The summed E-state index contributed by atoms with van der Waals surface area (Å²) in [5, 5.41) is 16.4. The molecule has 3 N–H and O–H groups in total. The third kappa shape index (κ3) is 3.53. The van der Waals surface area contributed by atoms with Crippen LogP contribution < -0.4 is 11.1 Å². The molecule has 9 heteroatoms. The SMILES string of the molecule is N#C[C@H]1CC(=O)CC[C@@H]1n1cc(C(N)=O)c(Nc2ccc(Cl)c(F)c2)n1. The van der Waals surface area contributed by atoms with E-state index in [4.69, 9.17) is 17.3 Å². The molecule has 1 saturated carbocycles. The molecule has 0 aliphatic heterocycles. The molecule has 1 aliphatic carbocycles. The predicted octanol–water partition coefficient (Wildman–Crippen LogP) is 2.95. The maximum Gasteiger partial charge on any atom is 0.254 e. The van der Waals surface area contributed by atoms with Crippen LogP contribution in [0.25, 0.3) is 0 Å². The standard InChI is InChI=1S/C17H15ClFN5O2/c18-13-3-1-10(6-14(13)19)22-17-12(16(21)26)8-24(23-17)15-4-2-11(25)5-9(15)7-20/h1,3,6,8-9,15H,2,4-5H2,(H2,21,26)(H,22,23)/t9-,15+/m1/s1. The Morgan fingerprint density at radius 1 is 1.50 bits per heavy atom. The Morgan fingerprint density at radius 2 is 2.27 bits per heavy atom.